The molecule has 9 heteroatoms. The number of ether oxygens (including phenoxy) is 1. The predicted molar refractivity (Wildman–Crippen MR) is 99.0 cm³/mol. The molecule has 2 unspecified atom stereocenters. The highest BCUT2D eigenvalue weighted by Crippen LogP contribution is 2.20. The normalized spacial score (nSPS) is 25.6. The summed E-state index contributed by atoms with van der Waals surface area (Å²) >= 11 is 0. The van der Waals surface area contributed by atoms with Crippen molar-refractivity contribution in [2.45, 2.75) is 50.9 Å². The molecule has 2 heterocycles. The first kappa shape index (κ1) is 21.8. The number of hydrogen-bond acceptors (Lipinski definition) is 3. The van der Waals surface area contributed by atoms with Crippen LogP contribution in [0.15, 0.2) is 4.99 Å². The summed E-state index contributed by atoms with van der Waals surface area (Å²) < 4.78 is 42.8. The molecular formula is C15H28F3IN4O. The summed E-state index contributed by atoms with van der Waals surface area (Å²) in [5, 5.41) is 6.40. The topological polar surface area (TPSA) is 48.9 Å². The fourth-order valence-electron chi connectivity index (χ4n) is 3.05. The molecule has 0 saturated carbocycles. The highest BCUT2D eigenvalue weighted by atomic mass is 127. The average molecular weight is 464 g/mol. The van der Waals surface area contributed by atoms with Crippen molar-refractivity contribution in [2.75, 3.05) is 39.3 Å². The Labute approximate surface area is 158 Å². The Bertz CT molecular complexity index is 389. The van der Waals surface area contributed by atoms with Gasteiger partial charge in [-0.1, -0.05) is 0 Å². The van der Waals surface area contributed by atoms with E-state index in [-0.39, 0.29) is 30.0 Å². The number of hydrogen-bond donors (Lipinski definition) is 2. The molecule has 0 bridgehead atoms. The van der Waals surface area contributed by atoms with E-state index in [1.165, 1.54) is 4.90 Å². The molecule has 0 aromatic rings. The summed E-state index contributed by atoms with van der Waals surface area (Å²) in [7, 11) is 0. The van der Waals surface area contributed by atoms with Gasteiger partial charge in [-0.05, 0) is 32.6 Å². The van der Waals surface area contributed by atoms with Crippen LogP contribution in [0.25, 0.3) is 0 Å². The van der Waals surface area contributed by atoms with Crippen LogP contribution in [0, 0.1) is 0 Å². The fraction of sp³-hybridized carbons (Fsp3) is 0.933. The molecule has 0 spiro atoms. The van der Waals surface area contributed by atoms with Crippen LogP contribution >= 0.6 is 24.0 Å². The highest BCUT2D eigenvalue weighted by Gasteiger charge is 2.34. The Balaban J connectivity index is 0.00000288. The van der Waals surface area contributed by atoms with Crippen LogP contribution in [0.3, 0.4) is 0 Å². The van der Waals surface area contributed by atoms with Gasteiger partial charge in [0.25, 0.3) is 0 Å². The molecule has 2 aliphatic heterocycles. The molecule has 2 atom stereocenters. The minimum Gasteiger partial charge on any atom is -0.378 e. The van der Waals surface area contributed by atoms with Crippen LogP contribution in [0.2, 0.25) is 0 Å². The predicted octanol–water partition coefficient (Wildman–Crippen LogP) is 2.37. The van der Waals surface area contributed by atoms with E-state index in [4.69, 9.17) is 4.74 Å². The summed E-state index contributed by atoms with van der Waals surface area (Å²) in [5.74, 6) is 0.685. The SMILES string of the molecule is CCNC(=NCCC1CCCO1)NC1CCN(CC(F)(F)F)C1.I. The lowest BCUT2D eigenvalue weighted by molar-refractivity contribution is -0.143. The molecule has 5 nitrogen and oxygen atoms in total. The maximum atomic E-state index is 12.4. The molecule has 2 aliphatic rings. The van der Waals surface area contributed by atoms with Gasteiger partial charge in [-0.15, -0.1) is 24.0 Å². The fourth-order valence-corrected chi connectivity index (χ4v) is 3.05. The van der Waals surface area contributed by atoms with Crippen molar-refractivity contribution >= 4 is 29.9 Å². The van der Waals surface area contributed by atoms with Crippen molar-refractivity contribution in [2.24, 2.45) is 4.99 Å². The quantitative estimate of drug-likeness (QED) is 0.360. The Morgan fingerprint density at radius 2 is 2.12 bits per heavy atom. The Morgan fingerprint density at radius 1 is 1.33 bits per heavy atom. The van der Waals surface area contributed by atoms with Crippen molar-refractivity contribution in [1.29, 1.82) is 0 Å². The molecule has 2 N–H and O–H groups in total. The van der Waals surface area contributed by atoms with Gasteiger partial charge in [0.1, 0.15) is 0 Å². The van der Waals surface area contributed by atoms with E-state index in [2.05, 4.69) is 15.6 Å². The summed E-state index contributed by atoms with van der Waals surface area (Å²) in [6.07, 6.45) is -0.0313. The maximum absolute atomic E-state index is 12.4. The lowest BCUT2D eigenvalue weighted by Gasteiger charge is -2.20. The number of guanidine groups is 1. The zero-order valence-corrected chi connectivity index (χ0v) is 16.4. The molecule has 0 aliphatic carbocycles. The van der Waals surface area contributed by atoms with E-state index >= 15 is 0 Å². The molecule has 2 saturated heterocycles. The molecule has 0 amide bonds. The first-order valence-corrected chi connectivity index (χ1v) is 8.42. The van der Waals surface area contributed by atoms with Gasteiger partial charge in [0.05, 0.1) is 12.6 Å². The van der Waals surface area contributed by atoms with Crippen molar-refractivity contribution in [3.8, 4) is 0 Å². The van der Waals surface area contributed by atoms with E-state index in [1.54, 1.807) is 0 Å². The van der Waals surface area contributed by atoms with Crippen LogP contribution in [0.1, 0.15) is 32.6 Å². The number of aliphatic imine (C=N–C) groups is 1. The number of rotatable bonds is 6. The lowest BCUT2D eigenvalue weighted by Crippen LogP contribution is -2.45. The summed E-state index contributed by atoms with van der Waals surface area (Å²) in [6.45, 7) is 4.23. The zero-order valence-electron chi connectivity index (χ0n) is 14.1. The molecule has 0 aromatic heterocycles. The minimum absolute atomic E-state index is 0. The van der Waals surface area contributed by atoms with Crippen LogP contribution in [0.4, 0.5) is 13.2 Å². The van der Waals surface area contributed by atoms with Gasteiger partial charge in [-0.3, -0.25) is 9.89 Å². The lowest BCUT2D eigenvalue weighted by atomic mass is 10.2. The van der Waals surface area contributed by atoms with E-state index in [0.29, 0.717) is 38.1 Å². The van der Waals surface area contributed by atoms with Gasteiger partial charge < -0.3 is 15.4 Å². The monoisotopic (exact) mass is 464 g/mol. The molecule has 2 rings (SSSR count). The third kappa shape index (κ3) is 8.19. The van der Waals surface area contributed by atoms with Crippen molar-refractivity contribution in [3.63, 3.8) is 0 Å². The van der Waals surface area contributed by atoms with Crippen molar-refractivity contribution in [1.82, 2.24) is 15.5 Å². The van der Waals surface area contributed by atoms with Crippen molar-refractivity contribution < 1.29 is 17.9 Å². The van der Waals surface area contributed by atoms with E-state index in [0.717, 1.165) is 32.4 Å². The minimum atomic E-state index is -4.13. The van der Waals surface area contributed by atoms with Crippen LogP contribution < -0.4 is 10.6 Å². The Kier molecular flexibility index (Phi) is 9.65. The molecule has 24 heavy (non-hydrogen) atoms. The van der Waals surface area contributed by atoms with Crippen LogP contribution in [-0.4, -0.2) is 68.5 Å². The molecule has 0 aromatic carbocycles. The van der Waals surface area contributed by atoms with Crippen LogP contribution in [0.5, 0.6) is 0 Å². The summed E-state index contributed by atoms with van der Waals surface area (Å²) in [4.78, 5) is 5.95. The van der Waals surface area contributed by atoms with Gasteiger partial charge in [0.2, 0.25) is 0 Å². The summed E-state index contributed by atoms with van der Waals surface area (Å²) in [5.41, 5.74) is 0. The summed E-state index contributed by atoms with van der Waals surface area (Å²) in [6, 6.07) is 0.0119. The first-order chi connectivity index (χ1) is 11.0. The second-order valence-corrected chi connectivity index (χ2v) is 6.16. The van der Waals surface area contributed by atoms with Gasteiger partial charge in [0.15, 0.2) is 5.96 Å². The van der Waals surface area contributed by atoms with Crippen LogP contribution in [-0.2, 0) is 4.74 Å². The number of alkyl halides is 3. The number of halogens is 4. The number of nitrogens with one attached hydrogen (secondary N) is 2. The van der Waals surface area contributed by atoms with Crippen molar-refractivity contribution in [3.05, 3.63) is 0 Å². The Morgan fingerprint density at radius 3 is 2.75 bits per heavy atom. The van der Waals surface area contributed by atoms with Gasteiger partial charge in [-0.2, -0.15) is 13.2 Å². The van der Waals surface area contributed by atoms with E-state index in [1.807, 2.05) is 6.92 Å². The maximum Gasteiger partial charge on any atom is 0.401 e. The van der Waals surface area contributed by atoms with E-state index < -0.39 is 12.7 Å². The first-order valence-electron chi connectivity index (χ1n) is 8.42. The average Bonchev–Trinajstić information content (AvgIpc) is 3.09. The van der Waals surface area contributed by atoms with Gasteiger partial charge in [0, 0.05) is 38.8 Å². The standard InChI is InChI=1S/C15H27F3N4O.HI/c1-2-19-14(20-7-5-13-4-3-9-23-13)21-12-6-8-22(10-12)11-15(16,17)18;/h12-13H,2-11H2,1H3,(H2,19,20,21);1H. The Hall–Kier alpha value is -0.290. The second-order valence-electron chi connectivity index (χ2n) is 6.16. The third-order valence-corrected chi connectivity index (χ3v) is 4.11. The molecule has 2 fully saturated rings. The zero-order chi connectivity index (χ0) is 16.7. The smallest absolute Gasteiger partial charge is 0.378 e. The van der Waals surface area contributed by atoms with E-state index in [9.17, 15) is 13.2 Å². The highest BCUT2D eigenvalue weighted by molar-refractivity contribution is 14.0. The molecule has 0 radical (unpaired) electrons. The second kappa shape index (κ2) is 10.6. The number of likely N-dealkylation sites (tertiary alicyclic amines) is 1. The third-order valence-electron chi connectivity index (χ3n) is 4.11. The van der Waals surface area contributed by atoms with Gasteiger partial charge in [-0.25, -0.2) is 0 Å². The molecular weight excluding hydrogens is 436 g/mol. The van der Waals surface area contributed by atoms with Gasteiger partial charge >= 0.3 is 6.18 Å². The largest absolute Gasteiger partial charge is 0.401 e. The molecule has 142 valence electrons. The number of nitrogens with zero attached hydrogens (tertiary/aromatic N) is 2.